The van der Waals surface area contributed by atoms with E-state index in [9.17, 15) is 4.79 Å². The molecule has 8 nitrogen and oxygen atoms in total. The molecule has 0 bridgehead atoms. The first-order valence-corrected chi connectivity index (χ1v) is 7.56. The Morgan fingerprint density at radius 1 is 1.20 bits per heavy atom. The second kappa shape index (κ2) is 6.16. The molecule has 0 amide bonds. The maximum absolute atomic E-state index is 10.8. The fourth-order valence-corrected chi connectivity index (χ4v) is 2.38. The molecule has 0 saturated carbocycles. The normalized spacial score (nSPS) is 10.9. The second-order valence-electron chi connectivity index (χ2n) is 5.33. The summed E-state index contributed by atoms with van der Waals surface area (Å²) in [5.41, 5.74) is 3.25. The summed E-state index contributed by atoms with van der Waals surface area (Å²) in [6.07, 6.45) is 3.57. The van der Waals surface area contributed by atoms with Crippen molar-refractivity contribution in [3.05, 3.63) is 54.7 Å². The van der Waals surface area contributed by atoms with Crippen LogP contribution < -0.4 is 0 Å². The van der Waals surface area contributed by atoms with E-state index in [1.54, 1.807) is 10.7 Å². The first-order chi connectivity index (χ1) is 12.2. The number of ether oxygens (including phenoxy) is 1. The zero-order valence-corrected chi connectivity index (χ0v) is 13.3. The number of aromatic nitrogens is 5. The van der Waals surface area contributed by atoms with Crippen molar-refractivity contribution in [3.8, 4) is 22.6 Å². The van der Waals surface area contributed by atoms with E-state index in [0.29, 0.717) is 5.82 Å². The highest BCUT2D eigenvalue weighted by atomic mass is 16.6. The van der Waals surface area contributed by atoms with Crippen molar-refractivity contribution in [3.63, 3.8) is 0 Å². The van der Waals surface area contributed by atoms with Crippen molar-refractivity contribution < 1.29 is 14.1 Å². The molecule has 8 heteroatoms. The predicted molar refractivity (Wildman–Crippen MR) is 87.2 cm³/mol. The van der Waals surface area contributed by atoms with E-state index in [1.165, 1.54) is 6.92 Å². The van der Waals surface area contributed by atoms with Gasteiger partial charge in [-0.3, -0.25) is 4.79 Å². The molecular formula is C17H13N5O3. The van der Waals surface area contributed by atoms with E-state index >= 15 is 0 Å². The number of nitrogens with zero attached hydrogens (tertiary/aromatic N) is 5. The molecule has 124 valence electrons. The first kappa shape index (κ1) is 15.0. The molecule has 0 unspecified atom stereocenters. The topological polar surface area (TPSA) is 95.4 Å². The minimum atomic E-state index is -0.401. The number of hydrogen-bond donors (Lipinski definition) is 0. The summed E-state index contributed by atoms with van der Waals surface area (Å²) in [4.78, 5) is 19.6. The van der Waals surface area contributed by atoms with Gasteiger partial charge in [0.15, 0.2) is 12.3 Å². The van der Waals surface area contributed by atoms with Crippen LogP contribution >= 0.6 is 0 Å². The number of rotatable bonds is 4. The zero-order chi connectivity index (χ0) is 17.2. The molecule has 3 heterocycles. The minimum Gasteiger partial charge on any atom is -0.456 e. The molecule has 0 fully saturated rings. The third-order valence-electron chi connectivity index (χ3n) is 3.52. The van der Waals surface area contributed by atoms with Crippen LogP contribution in [0, 0.1) is 0 Å². The summed E-state index contributed by atoms with van der Waals surface area (Å²) in [6.45, 7) is 1.28. The zero-order valence-electron chi connectivity index (χ0n) is 13.3. The van der Waals surface area contributed by atoms with Crippen LogP contribution in [-0.2, 0) is 16.1 Å². The fourth-order valence-electron chi connectivity index (χ4n) is 2.38. The highest BCUT2D eigenvalue weighted by Gasteiger charge is 2.12. The molecule has 1 aromatic carbocycles. The van der Waals surface area contributed by atoms with Gasteiger partial charge in [-0.1, -0.05) is 23.4 Å². The summed E-state index contributed by atoms with van der Waals surface area (Å²) in [7, 11) is 0. The Kier molecular flexibility index (Phi) is 3.70. The summed E-state index contributed by atoms with van der Waals surface area (Å²) in [5, 5.41) is 8.15. The molecule has 4 rings (SSSR count). The fraction of sp³-hybridized carbons (Fsp3) is 0.118. The molecule has 0 atom stereocenters. The van der Waals surface area contributed by atoms with Gasteiger partial charge in [0, 0.05) is 24.2 Å². The number of esters is 1. The number of benzene rings is 1. The maximum Gasteiger partial charge on any atom is 0.303 e. The molecule has 0 radical (unpaired) electrons. The SMILES string of the molecule is CC(=O)OCc1nc(-c2cccc(-c3cn4ncccc4n3)c2)no1. The summed E-state index contributed by atoms with van der Waals surface area (Å²) >= 11 is 0. The molecule has 0 aliphatic heterocycles. The van der Waals surface area contributed by atoms with Gasteiger partial charge in [-0.05, 0) is 18.2 Å². The van der Waals surface area contributed by atoms with E-state index in [0.717, 1.165) is 22.5 Å². The van der Waals surface area contributed by atoms with Crippen LogP contribution in [0.25, 0.3) is 28.3 Å². The molecule has 3 aromatic heterocycles. The van der Waals surface area contributed by atoms with E-state index in [-0.39, 0.29) is 12.5 Å². The molecule has 0 N–H and O–H groups in total. The van der Waals surface area contributed by atoms with Crippen LogP contribution in [0.5, 0.6) is 0 Å². The van der Waals surface area contributed by atoms with Crippen molar-refractivity contribution in [2.45, 2.75) is 13.5 Å². The number of hydrogen-bond acceptors (Lipinski definition) is 7. The number of carbonyl (C=O) groups is 1. The molecule has 25 heavy (non-hydrogen) atoms. The van der Waals surface area contributed by atoms with Gasteiger partial charge < -0.3 is 9.26 Å². The van der Waals surface area contributed by atoms with Crippen LogP contribution in [0.15, 0.2) is 53.3 Å². The summed E-state index contributed by atoms with van der Waals surface area (Å²) in [6, 6.07) is 11.4. The van der Waals surface area contributed by atoms with Crippen LogP contribution in [0.1, 0.15) is 12.8 Å². The largest absolute Gasteiger partial charge is 0.456 e. The highest BCUT2D eigenvalue weighted by Crippen LogP contribution is 2.24. The Labute approximate surface area is 142 Å². The molecule has 0 saturated heterocycles. The molecule has 0 aliphatic carbocycles. The number of fused-ring (bicyclic) bond motifs is 1. The Morgan fingerprint density at radius 2 is 2.08 bits per heavy atom. The van der Waals surface area contributed by atoms with E-state index in [1.807, 2.05) is 42.6 Å². The van der Waals surface area contributed by atoms with Gasteiger partial charge in [-0.15, -0.1) is 0 Å². The van der Waals surface area contributed by atoms with Crippen molar-refractivity contribution in [2.24, 2.45) is 0 Å². The van der Waals surface area contributed by atoms with Crippen LogP contribution in [0.3, 0.4) is 0 Å². The van der Waals surface area contributed by atoms with Crippen molar-refractivity contribution in [2.75, 3.05) is 0 Å². The molecular weight excluding hydrogens is 322 g/mol. The van der Waals surface area contributed by atoms with Gasteiger partial charge in [0.1, 0.15) is 0 Å². The summed E-state index contributed by atoms with van der Waals surface area (Å²) < 4.78 is 11.7. The maximum atomic E-state index is 10.8. The van der Waals surface area contributed by atoms with Crippen molar-refractivity contribution in [1.82, 2.24) is 24.7 Å². The molecule has 0 aliphatic rings. The van der Waals surface area contributed by atoms with Crippen LogP contribution in [0.4, 0.5) is 0 Å². The summed E-state index contributed by atoms with van der Waals surface area (Å²) in [5.74, 6) is 0.264. The van der Waals surface area contributed by atoms with Gasteiger partial charge in [0.25, 0.3) is 5.89 Å². The predicted octanol–water partition coefficient (Wildman–Crippen LogP) is 2.51. The number of imidazole rings is 1. The minimum absolute atomic E-state index is 0.0415. The molecule has 4 aromatic rings. The first-order valence-electron chi connectivity index (χ1n) is 7.56. The lowest BCUT2D eigenvalue weighted by molar-refractivity contribution is -0.143. The Bertz CT molecular complexity index is 1020. The van der Waals surface area contributed by atoms with Gasteiger partial charge in [-0.2, -0.15) is 10.1 Å². The average Bonchev–Trinajstić information content (AvgIpc) is 3.27. The number of carbonyl (C=O) groups excluding carboxylic acids is 1. The van der Waals surface area contributed by atoms with Crippen LogP contribution in [0.2, 0.25) is 0 Å². The Balaban J connectivity index is 1.64. The van der Waals surface area contributed by atoms with E-state index < -0.39 is 5.97 Å². The van der Waals surface area contributed by atoms with Crippen LogP contribution in [-0.4, -0.2) is 30.7 Å². The monoisotopic (exact) mass is 335 g/mol. The third kappa shape index (κ3) is 3.09. The lowest BCUT2D eigenvalue weighted by Crippen LogP contribution is -1.98. The van der Waals surface area contributed by atoms with Gasteiger partial charge in [-0.25, -0.2) is 9.50 Å². The van der Waals surface area contributed by atoms with Gasteiger partial charge >= 0.3 is 5.97 Å². The molecule has 0 spiro atoms. The smallest absolute Gasteiger partial charge is 0.303 e. The Morgan fingerprint density at radius 3 is 2.92 bits per heavy atom. The third-order valence-corrected chi connectivity index (χ3v) is 3.52. The lowest BCUT2D eigenvalue weighted by Gasteiger charge is -1.99. The highest BCUT2D eigenvalue weighted by molar-refractivity contribution is 5.69. The van der Waals surface area contributed by atoms with Gasteiger partial charge in [0.05, 0.1) is 11.9 Å². The quantitative estimate of drug-likeness (QED) is 0.529. The lowest BCUT2D eigenvalue weighted by atomic mass is 10.1. The average molecular weight is 335 g/mol. The standard InChI is InChI=1S/C17H13N5O3/c1-11(23)24-10-16-20-17(21-25-16)13-5-2-4-12(8-13)14-9-22-15(19-14)6-3-7-18-22/h2-9H,10H2,1H3. The van der Waals surface area contributed by atoms with E-state index in [4.69, 9.17) is 9.26 Å². The van der Waals surface area contributed by atoms with Crippen molar-refractivity contribution in [1.29, 1.82) is 0 Å². The van der Waals surface area contributed by atoms with Gasteiger partial charge in [0.2, 0.25) is 5.82 Å². The Hall–Kier alpha value is -3.55. The second-order valence-corrected chi connectivity index (χ2v) is 5.33. The van der Waals surface area contributed by atoms with Crippen molar-refractivity contribution >= 4 is 11.6 Å². The van der Waals surface area contributed by atoms with E-state index in [2.05, 4.69) is 20.2 Å².